The highest BCUT2D eigenvalue weighted by Gasteiger charge is 2.26. The number of nitrogens with two attached hydrogens (primary N) is 2. The van der Waals surface area contributed by atoms with Gasteiger partial charge in [0, 0.05) is 22.8 Å². The highest BCUT2D eigenvalue weighted by Crippen LogP contribution is 2.24. The van der Waals surface area contributed by atoms with E-state index in [9.17, 15) is 0 Å². The average molecular weight is 342 g/mol. The Labute approximate surface area is 149 Å². The number of nitrogens with one attached hydrogen (secondary N) is 2. The minimum Gasteiger partial charge on any atom is -0.397 e. The molecule has 6 heteroatoms. The highest BCUT2D eigenvalue weighted by atomic mass is 15.0. The second-order valence-electron chi connectivity index (χ2n) is 6.80. The Morgan fingerprint density at radius 3 is 2.62 bits per heavy atom. The Morgan fingerprint density at radius 2 is 1.77 bits per heavy atom. The second kappa shape index (κ2) is 5.31. The van der Waals surface area contributed by atoms with Crippen LogP contribution in [0.4, 0.5) is 5.69 Å². The molecular weight excluding hydrogens is 324 g/mol. The number of allylic oxidation sites excluding steroid dienone is 3. The minimum absolute atomic E-state index is 0.544. The molecule has 5 rings (SSSR count). The smallest absolute Gasteiger partial charge is 0.133 e. The predicted molar refractivity (Wildman–Crippen MR) is 106 cm³/mol. The Hall–Kier alpha value is -3.38. The highest BCUT2D eigenvalue weighted by molar-refractivity contribution is 6.20. The molecule has 128 valence electrons. The number of fused-ring (bicyclic) bond motifs is 6. The quantitative estimate of drug-likeness (QED) is 0.567. The second-order valence-corrected chi connectivity index (χ2v) is 6.80. The zero-order valence-corrected chi connectivity index (χ0v) is 14.0. The Balaban J connectivity index is 1.70. The van der Waals surface area contributed by atoms with Crippen LogP contribution >= 0.6 is 0 Å². The summed E-state index contributed by atoms with van der Waals surface area (Å²) in [4.78, 5) is 16.0. The summed E-state index contributed by atoms with van der Waals surface area (Å²) < 4.78 is 0. The van der Waals surface area contributed by atoms with Crippen molar-refractivity contribution in [3.05, 3.63) is 70.3 Å². The minimum atomic E-state index is -0.773. The van der Waals surface area contributed by atoms with Crippen LogP contribution in [0.3, 0.4) is 0 Å². The molecule has 0 fully saturated rings. The topological polar surface area (TPSA) is 108 Å². The maximum atomic E-state index is 6.45. The molecule has 0 amide bonds. The lowest BCUT2D eigenvalue weighted by Crippen LogP contribution is -2.36. The summed E-state index contributed by atoms with van der Waals surface area (Å²) in [7, 11) is 0. The normalized spacial score (nSPS) is 23.2. The standard InChI is InChI=1S/C20H18N6/c21-18-9-17-11-20(22)6-5-16(26-20)8-14-2-1-12(23-14)7-13-3-4-15(24-13)10-19(18)25-17/h1-10,23,25H,11,21-22H2. The third-order valence-electron chi connectivity index (χ3n) is 4.60. The van der Waals surface area contributed by atoms with Gasteiger partial charge in [-0.05, 0) is 60.7 Å². The largest absolute Gasteiger partial charge is 0.397 e. The number of H-pyrrole nitrogens is 2. The van der Waals surface area contributed by atoms with Gasteiger partial charge in [-0.25, -0.2) is 4.99 Å². The third-order valence-corrected chi connectivity index (χ3v) is 4.60. The van der Waals surface area contributed by atoms with Crippen LogP contribution in [0.15, 0.2) is 58.2 Å². The molecule has 0 saturated heterocycles. The first-order valence-corrected chi connectivity index (χ1v) is 8.47. The lowest BCUT2D eigenvalue weighted by atomic mass is 10.1. The fourth-order valence-electron chi connectivity index (χ4n) is 3.41. The summed E-state index contributed by atoms with van der Waals surface area (Å²) in [5, 5.41) is 1.96. The molecular formula is C20H18N6. The number of hydrogen-bond acceptors (Lipinski definition) is 4. The van der Waals surface area contributed by atoms with Gasteiger partial charge in [-0.2, -0.15) is 0 Å². The molecule has 6 N–H and O–H groups in total. The van der Waals surface area contributed by atoms with Crippen LogP contribution < -0.4 is 22.2 Å². The fraction of sp³-hybridized carbons (Fsp3) is 0.100. The molecule has 0 spiro atoms. The third kappa shape index (κ3) is 2.66. The van der Waals surface area contributed by atoms with E-state index in [1.165, 1.54) is 0 Å². The molecule has 0 saturated carbocycles. The molecule has 3 aliphatic heterocycles. The van der Waals surface area contributed by atoms with Gasteiger partial charge in [0.05, 0.1) is 28.5 Å². The van der Waals surface area contributed by atoms with Crippen LogP contribution in [0.5, 0.6) is 0 Å². The van der Waals surface area contributed by atoms with Crippen molar-refractivity contribution in [2.24, 2.45) is 15.7 Å². The number of rotatable bonds is 0. The van der Waals surface area contributed by atoms with Crippen molar-refractivity contribution < 1.29 is 0 Å². The van der Waals surface area contributed by atoms with Crippen LogP contribution in [-0.4, -0.2) is 27.1 Å². The maximum absolute atomic E-state index is 6.45. The van der Waals surface area contributed by atoms with Gasteiger partial charge in [0.15, 0.2) is 0 Å². The van der Waals surface area contributed by atoms with E-state index in [-0.39, 0.29) is 0 Å². The van der Waals surface area contributed by atoms with E-state index in [1.807, 2.05) is 60.7 Å². The number of aromatic nitrogens is 2. The SMILES string of the molecule is Nc1cc2[nH]c1C=C1C=CC(=N1)C=c1ccc([nH]1)=CC1=NC(N)(C=C1)C2. The van der Waals surface area contributed by atoms with Crippen LogP contribution in [0.1, 0.15) is 11.4 Å². The summed E-state index contributed by atoms with van der Waals surface area (Å²) in [6, 6.07) is 5.95. The van der Waals surface area contributed by atoms with E-state index in [1.54, 1.807) is 0 Å². The predicted octanol–water partition coefficient (Wildman–Crippen LogP) is 0.760. The summed E-state index contributed by atoms with van der Waals surface area (Å²) >= 11 is 0. The lowest BCUT2D eigenvalue weighted by molar-refractivity contribution is 0.557. The molecule has 2 aromatic heterocycles. The molecule has 5 heterocycles. The molecule has 2 aromatic rings. The number of nitrogens with zero attached hydrogens (tertiary/aromatic N) is 2. The van der Waals surface area contributed by atoms with Crippen LogP contribution in [-0.2, 0) is 6.42 Å². The van der Waals surface area contributed by atoms with E-state index < -0.39 is 5.66 Å². The first kappa shape index (κ1) is 14.9. The van der Waals surface area contributed by atoms with Gasteiger partial charge in [0.1, 0.15) is 5.66 Å². The van der Waals surface area contributed by atoms with Crippen LogP contribution in [0.2, 0.25) is 0 Å². The molecule has 1 unspecified atom stereocenters. The van der Waals surface area contributed by atoms with Crippen molar-refractivity contribution in [3.8, 4) is 0 Å². The maximum Gasteiger partial charge on any atom is 0.133 e. The molecule has 0 radical (unpaired) electrons. The first-order chi connectivity index (χ1) is 12.5. The van der Waals surface area contributed by atoms with Gasteiger partial charge in [-0.1, -0.05) is 0 Å². The summed E-state index contributed by atoms with van der Waals surface area (Å²) in [5.41, 5.74) is 16.9. The van der Waals surface area contributed by atoms with Gasteiger partial charge in [-0.15, -0.1) is 0 Å². The summed E-state index contributed by atoms with van der Waals surface area (Å²) in [6.45, 7) is 0. The van der Waals surface area contributed by atoms with Crippen molar-refractivity contribution in [2.45, 2.75) is 12.1 Å². The number of anilines is 1. The van der Waals surface area contributed by atoms with Gasteiger partial charge in [0.2, 0.25) is 0 Å². The lowest BCUT2D eigenvalue weighted by Gasteiger charge is -2.17. The van der Waals surface area contributed by atoms with Crippen LogP contribution in [0.25, 0.3) is 18.2 Å². The van der Waals surface area contributed by atoms with Gasteiger partial charge in [-0.3, -0.25) is 4.99 Å². The molecule has 6 nitrogen and oxygen atoms in total. The van der Waals surface area contributed by atoms with E-state index in [2.05, 4.69) is 20.0 Å². The monoisotopic (exact) mass is 342 g/mol. The van der Waals surface area contributed by atoms with E-state index >= 15 is 0 Å². The molecule has 8 bridgehead atoms. The van der Waals surface area contributed by atoms with Crippen molar-refractivity contribution in [3.63, 3.8) is 0 Å². The van der Waals surface area contributed by atoms with Crippen molar-refractivity contribution in [1.82, 2.24) is 9.97 Å². The first-order valence-electron chi connectivity index (χ1n) is 8.47. The van der Waals surface area contributed by atoms with Gasteiger partial charge < -0.3 is 21.4 Å². The van der Waals surface area contributed by atoms with E-state index in [0.717, 1.165) is 39.2 Å². The zero-order chi connectivity index (χ0) is 17.7. The summed E-state index contributed by atoms with van der Waals surface area (Å²) in [5.74, 6) is 0. The molecule has 26 heavy (non-hydrogen) atoms. The van der Waals surface area contributed by atoms with Crippen LogP contribution in [0, 0.1) is 0 Å². The zero-order valence-electron chi connectivity index (χ0n) is 14.0. The van der Waals surface area contributed by atoms with E-state index in [0.29, 0.717) is 12.1 Å². The number of hydrogen-bond donors (Lipinski definition) is 4. The Morgan fingerprint density at radius 1 is 0.962 bits per heavy atom. The molecule has 0 aromatic carbocycles. The fourth-order valence-corrected chi connectivity index (χ4v) is 3.41. The average Bonchev–Trinajstić information content (AvgIpc) is 3.33. The number of aliphatic imine (C=N–C) groups is 2. The van der Waals surface area contributed by atoms with Crippen molar-refractivity contribution in [1.29, 1.82) is 0 Å². The number of nitrogen functional groups attached to an aromatic ring is 1. The van der Waals surface area contributed by atoms with Gasteiger partial charge in [0.25, 0.3) is 0 Å². The Bertz CT molecular complexity index is 1180. The van der Waals surface area contributed by atoms with Crippen molar-refractivity contribution >= 4 is 35.3 Å². The molecule has 0 aliphatic carbocycles. The van der Waals surface area contributed by atoms with E-state index in [4.69, 9.17) is 11.5 Å². The van der Waals surface area contributed by atoms with Gasteiger partial charge >= 0.3 is 0 Å². The number of aromatic amines is 2. The summed E-state index contributed by atoms with van der Waals surface area (Å²) in [6.07, 6.45) is 14.3. The Kier molecular flexibility index (Phi) is 3.05. The van der Waals surface area contributed by atoms with Crippen molar-refractivity contribution in [2.75, 3.05) is 5.73 Å². The molecule has 1 atom stereocenters. The molecule has 3 aliphatic rings.